The van der Waals surface area contributed by atoms with Crippen LogP contribution in [0.5, 0.6) is 0 Å². The fourth-order valence-corrected chi connectivity index (χ4v) is 3.65. The Morgan fingerprint density at radius 3 is 2.53 bits per heavy atom. The zero-order chi connectivity index (χ0) is 23.1. The molecule has 8 nitrogen and oxygen atoms in total. The lowest BCUT2D eigenvalue weighted by Gasteiger charge is -2.21. The molecule has 0 unspecified atom stereocenters. The lowest BCUT2D eigenvalue weighted by atomic mass is 10.1. The van der Waals surface area contributed by atoms with Gasteiger partial charge in [-0.2, -0.15) is 5.26 Å². The maximum absolute atomic E-state index is 12.8. The van der Waals surface area contributed by atoms with E-state index in [0.717, 1.165) is 18.5 Å². The fourth-order valence-electron chi connectivity index (χ4n) is 3.10. The number of hydrogen-bond donors (Lipinski definition) is 0. The van der Waals surface area contributed by atoms with Crippen molar-refractivity contribution in [2.24, 2.45) is 0 Å². The fraction of sp³-hybridized carbons (Fsp3) is 0.348. The highest BCUT2D eigenvalue weighted by Gasteiger charge is 2.29. The molecule has 2 aromatic rings. The molecule has 9 heteroatoms. The maximum Gasteiger partial charge on any atom is 0.340 e. The number of carbonyl (C=O) groups is 3. The largest absolute Gasteiger partial charge is 0.465 e. The van der Waals surface area contributed by atoms with Gasteiger partial charge in [-0.25, -0.2) is 9.78 Å². The van der Waals surface area contributed by atoms with Crippen LogP contribution in [0.25, 0.3) is 0 Å². The number of esters is 2. The summed E-state index contributed by atoms with van der Waals surface area (Å²) >= 11 is 1.28. The highest BCUT2D eigenvalue weighted by Crippen LogP contribution is 2.40. The van der Waals surface area contributed by atoms with Gasteiger partial charge in [0, 0.05) is 17.3 Å². The quantitative estimate of drug-likeness (QED) is 0.420. The molecule has 0 saturated heterocycles. The molecule has 1 aliphatic rings. The van der Waals surface area contributed by atoms with E-state index in [1.807, 2.05) is 6.07 Å². The SMILES string of the molecule is CCOC(=O)CN(C(=O)COC(=O)c1cc(C2CC2)nc(SC)c1C#N)c1ccccc1. The van der Waals surface area contributed by atoms with E-state index in [0.29, 0.717) is 10.7 Å². The van der Waals surface area contributed by atoms with E-state index < -0.39 is 24.5 Å². The first-order valence-corrected chi connectivity index (χ1v) is 11.4. The highest BCUT2D eigenvalue weighted by molar-refractivity contribution is 7.98. The Morgan fingerprint density at radius 1 is 1.22 bits per heavy atom. The third-order valence-electron chi connectivity index (χ3n) is 4.81. The average molecular weight is 454 g/mol. The predicted octanol–water partition coefficient (Wildman–Crippen LogP) is 3.31. The summed E-state index contributed by atoms with van der Waals surface area (Å²) in [4.78, 5) is 43.3. The van der Waals surface area contributed by atoms with E-state index in [4.69, 9.17) is 9.47 Å². The second-order valence-corrected chi connectivity index (χ2v) is 7.86. The van der Waals surface area contributed by atoms with Crippen LogP contribution >= 0.6 is 11.8 Å². The van der Waals surface area contributed by atoms with Crippen LogP contribution in [0.3, 0.4) is 0 Å². The van der Waals surface area contributed by atoms with Crippen molar-refractivity contribution in [2.75, 3.05) is 30.9 Å². The molecule has 1 saturated carbocycles. The van der Waals surface area contributed by atoms with Gasteiger partial charge in [-0.3, -0.25) is 14.5 Å². The normalized spacial score (nSPS) is 12.5. The minimum atomic E-state index is -0.779. The van der Waals surface area contributed by atoms with E-state index in [2.05, 4.69) is 4.98 Å². The van der Waals surface area contributed by atoms with E-state index >= 15 is 0 Å². The van der Waals surface area contributed by atoms with Gasteiger partial charge in [-0.1, -0.05) is 18.2 Å². The van der Waals surface area contributed by atoms with Gasteiger partial charge in [-0.15, -0.1) is 11.8 Å². The molecule has 1 amide bonds. The molecule has 1 aliphatic carbocycles. The van der Waals surface area contributed by atoms with E-state index in [9.17, 15) is 19.6 Å². The van der Waals surface area contributed by atoms with Gasteiger partial charge in [0.25, 0.3) is 5.91 Å². The first kappa shape index (κ1) is 23.3. The summed E-state index contributed by atoms with van der Waals surface area (Å²) in [6.45, 7) is 0.961. The number of para-hydroxylation sites is 1. The second kappa shape index (κ2) is 10.8. The van der Waals surface area contributed by atoms with Crippen molar-refractivity contribution in [3.63, 3.8) is 0 Å². The lowest BCUT2D eigenvalue weighted by molar-refractivity contribution is -0.142. The molecular weight excluding hydrogens is 430 g/mol. The van der Waals surface area contributed by atoms with Gasteiger partial charge >= 0.3 is 11.9 Å². The number of aromatic nitrogens is 1. The third kappa shape index (κ3) is 5.65. The summed E-state index contributed by atoms with van der Waals surface area (Å²) in [5.41, 5.74) is 1.45. The van der Waals surface area contributed by atoms with Crippen molar-refractivity contribution in [2.45, 2.75) is 30.7 Å². The number of anilines is 1. The summed E-state index contributed by atoms with van der Waals surface area (Å²) in [6.07, 6.45) is 3.75. The van der Waals surface area contributed by atoms with Gasteiger partial charge in [-0.05, 0) is 44.2 Å². The molecule has 1 aromatic heterocycles. The molecular formula is C23H23N3O5S. The van der Waals surface area contributed by atoms with Gasteiger partial charge < -0.3 is 9.47 Å². The maximum atomic E-state index is 12.8. The molecule has 0 bridgehead atoms. The zero-order valence-electron chi connectivity index (χ0n) is 17.9. The molecule has 0 atom stereocenters. The van der Waals surface area contributed by atoms with Crippen LogP contribution < -0.4 is 4.90 Å². The second-order valence-electron chi connectivity index (χ2n) is 7.06. The Labute approximate surface area is 190 Å². The first-order valence-electron chi connectivity index (χ1n) is 10.2. The molecule has 32 heavy (non-hydrogen) atoms. The monoisotopic (exact) mass is 453 g/mol. The van der Waals surface area contributed by atoms with E-state index in [1.54, 1.807) is 49.6 Å². The molecule has 1 heterocycles. The number of ether oxygens (including phenoxy) is 2. The zero-order valence-corrected chi connectivity index (χ0v) is 18.7. The smallest absolute Gasteiger partial charge is 0.340 e. The highest BCUT2D eigenvalue weighted by atomic mass is 32.2. The van der Waals surface area contributed by atoms with E-state index in [-0.39, 0.29) is 30.2 Å². The topological polar surface area (TPSA) is 110 Å². The van der Waals surface area contributed by atoms with Crippen LogP contribution in [-0.2, 0) is 19.1 Å². The Bertz CT molecular complexity index is 1050. The van der Waals surface area contributed by atoms with Gasteiger partial charge in [0.2, 0.25) is 0 Å². The van der Waals surface area contributed by atoms with Crippen molar-refractivity contribution >= 4 is 35.3 Å². The number of rotatable bonds is 9. The van der Waals surface area contributed by atoms with Crippen LogP contribution in [0.2, 0.25) is 0 Å². The van der Waals surface area contributed by atoms with Crippen LogP contribution in [-0.4, -0.2) is 48.8 Å². The number of nitrogens with zero attached hydrogens (tertiary/aromatic N) is 3. The minimum Gasteiger partial charge on any atom is -0.465 e. The Balaban J connectivity index is 1.77. The Morgan fingerprint density at radius 2 is 1.94 bits per heavy atom. The van der Waals surface area contributed by atoms with Gasteiger partial charge in [0.05, 0.1) is 17.7 Å². The number of hydrogen-bond acceptors (Lipinski definition) is 8. The average Bonchev–Trinajstić information content (AvgIpc) is 3.66. The van der Waals surface area contributed by atoms with Crippen molar-refractivity contribution in [3.05, 3.63) is 53.2 Å². The summed E-state index contributed by atoms with van der Waals surface area (Å²) in [6, 6.07) is 12.2. The standard InChI is InChI=1S/C23H23N3O5S/c1-3-30-21(28)13-26(16-7-5-4-6-8-16)20(27)14-31-23(29)17-11-19(15-9-10-15)25-22(32-2)18(17)12-24/h4-8,11,15H,3,9-10,13-14H2,1-2H3. The molecule has 3 rings (SSSR count). The Kier molecular flexibility index (Phi) is 7.84. The lowest BCUT2D eigenvalue weighted by Crippen LogP contribution is -2.39. The van der Waals surface area contributed by atoms with Crippen molar-refractivity contribution in [1.29, 1.82) is 5.26 Å². The molecule has 0 aliphatic heterocycles. The molecule has 0 spiro atoms. The minimum absolute atomic E-state index is 0.0956. The number of nitriles is 1. The van der Waals surface area contributed by atoms with Crippen molar-refractivity contribution in [1.82, 2.24) is 4.98 Å². The summed E-state index contributed by atoms with van der Waals surface area (Å²) in [5.74, 6) is -1.66. The van der Waals surface area contributed by atoms with Crippen LogP contribution in [0.15, 0.2) is 41.4 Å². The van der Waals surface area contributed by atoms with Crippen molar-refractivity contribution < 1.29 is 23.9 Å². The summed E-state index contributed by atoms with van der Waals surface area (Å²) in [5, 5.41) is 10.0. The number of thioether (sulfide) groups is 1. The van der Waals surface area contributed by atoms with Crippen LogP contribution in [0.4, 0.5) is 5.69 Å². The van der Waals surface area contributed by atoms with Crippen LogP contribution in [0.1, 0.15) is 47.3 Å². The van der Waals surface area contributed by atoms with E-state index in [1.165, 1.54) is 16.7 Å². The third-order valence-corrected chi connectivity index (χ3v) is 5.50. The summed E-state index contributed by atoms with van der Waals surface area (Å²) in [7, 11) is 0. The molecule has 166 valence electrons. The number of carbonyl (C=O) groups excluding carboxylic acids is 3. The number of pyridine rings is 1. The molecule has 1 fully saturated rings. The number of amides is 1. The van der Waals surface area contributed by atoms with Crippen molar-refractivity contribution in [3.8, 4) is 6.07 Å². The first-order chi connectivity index (χ1) is 15.5. The Hall–Kier alpha value is -3.38. The van der Waals surface area contributed by atoms with Crippen LogP contribution in [0, 0.1) is 11.3 Å². The molecule has 0 N–H and O–H groups in total. The number of benzene rings is 1. The van der Waals surface area contributed by atoms with Gasteiger partial charge in [0.1, 0.15) is 17.6 Å². The molecule has 1 aromatic carbocycles. The van der Waals surface area contributed by atoms with Gasteiger partial charge in [0.15, 0.2) is 6.61 Å². The molecule has 0 radical (unpaired) electrons. The summed E-state index contributed by atoms with van der Waals surface area (Å²) < 4.78 is 10.2. The predicted molar refractivity (Wildman–Crippen MR) is 118 cm³/mol.